The van der Waals surface area contributed by atoms with Crippen molar-refractivity contribution in [2.45, 2.75) is 20.0 Å². The van der Waals surface area contributed by atoms with E-state index in [-0.39, 0.29) is 16.9 Å². The fourth-order valence-corrected chi connectivity index (χ4v) is 1.47. The SMILES string of the molecule is Cc1ccc(OC(F)F)c(C=O)c1CC(=O)O. The Kier molecular flexibility index (Phi) is 4.14. The van der Waals surface area contributed by atoms with Crippen molar-refractivity contribution >= 4 is 12.3 Å². The van der Waals surface area contributed by atoms with Crippen molar-refractivity contribution < 1.29 is 28.2 Å². The van der Waals surface area contributed by atoms with Crippen LogP contribution in [0, 0.1) is 6.92 Å². The highest BCUT2D eigenvalue weighted by Gasteiger charge is 2.16. The van der Waals surface area contributed by atoms with Crippen LogP contribution in [0.25, 0.3) is 0 Å². The molecule has 0 aromatic heterocycles. The van der Waals surface area contributed by atoms with Crippen molar-refractivity contribution in [3.05, 3.63) is 28.8 Å². The number of hydrogen-bond donors (Lipinski definition) is 1. The van der Waals surface area contributed by atoms with Gasteiger partial charge in [-0.3, -0.25) is 9.59 Å². The number of aliphatic carboxylic acids is 1. The minimum absolute atomic E-state index is 0.146. The van der Waals surface area contributed by atoms with Crippen molar-refractivity contribution in [1.82, 2.24) is 0 Å². The van der Waals surface area contributed by atoms with Gasteiger partial charge in [-0.25, -0.2) is 0 Å². The minimum Gasteiger partial charge on any atom is -0.481 e. The first-order valence-electron chi connectivity index (χ1n) is 4.70. The van der Waals surface area contributed by atoms with E-state index in [1.165, 1.54) is 12.1 Å². The highest BCUT2D eigenvalue weighted by molar-refractivity contribution is 5.85. The monoisotopic (exact) mass is 244 g/mol. The third-order valence-corrected chi connectivity index (χ3v) is 2.21. The molecule has 0 aliphatic heterocycles. The normalized spacial score (nSPS) is 10.4. The van der Waals surface area contributed by atoms with Gasteiger partial charge in [0.15, 0.2) is 6.29 Å². The van der Waals surface area contributed by atoms with Crippen molar-refractivity contribution in [2.24, 2.45) is 0 Å². The molecule has 1 aromatic carbocycles. The highest BCUT2D eigenvalue weighted by atomic mass is 19.3. The molecule has 0 bridgehead atoms. The fraction of sp³-hybridized carbons (Fsp3) is 0.273. The standard InChI is InChI=1S/C11H10F2O4/c1-6-2-3-9(17-11(12)13)8(5-14)7(6)4-10(15)16/h2-3,5,11H,4H2,1H3,(H,15,16). The topological polar surface area (TPSA) is 63.6 Å². The Labute approximate surface area is 95.8 Å². The second kappa shape index (κ2) is 5.38. The smallest absolute Gasteiger partial charge is 0.387 e. The van der Waals surface area contributed by atoms with E-state index in [2.05, 4.69) is 4.74 Å². The van der Waals surface area contributed by atoms with Gasteiger partial charge < -0.3 is 9.84 Å². The van der Waals surface area contributed by atoms with Gasteiger partial charge in [0.1, 0.15) is 5.75 Å². The van der Waals surface area contributed by atoms with Gasteiger partial charge in [0.05, 0.1) is 12.0 Å². The molecular weight excluding hydrogens is 234 g/mol. The van der Waals surface area contributed by atoms with Gasteiger partial charge in [0.25, 0.3) is 0 Å². The Hall–Kier alpha value is -1.98. The maximum absolute atomic E-state index is 12.1. The predicted octanol–water partition coefficient (Wildman–Crippen LogP) is 2.04. The van der Waals surface area contributed by atoms with Crippen LogP contribution < -0.4 is 4.74 Å². The number of halogens is 2. The van der Waals surface area contributed by atoms with Crippen LogP contribution in [0.4, 0.5) is 8.78 Å². The number of carbonyl (C=O) groups is 2. The van der Waals surface area contributed by atoms with Gasteiger partial charge in [-0.1, -0.05) is 6.07 Å². The second-order valence-electron chi connectivity index (χ2n) is 3.34. The number of alkyl halides is 2. The summed E-state index contributed by atoms with van der Waals surface area (Å²) in [6, 6.07) is 2.65. The minimum atomic E-state index is -3.06. The average Bonchev–Trinajstić information content (AvgIpc) is 2.22. The predicted molar refractivity (Wildman–Crippen MR) is 54.5 cm³/mol. The van der Waals surface area contributed by atoms with E-state index in [0.717, 1.165) is 0 Å². The summed E-state index contributed by atoms with van der Waals surface area (Å²) in [6.07, 6.45) is -0.0939. The van der Waals surface area contributed by atoms with Crippen LogP contribution in [0.2, 0.25) is 0 Å². The fourth-order valence-electron chi connectivity index (χ4n) is 1.47. The lowest BCUT2D eigenvalue weighted by Gasteiger charge is -2.12. The Bertz CT molecular complexity index is 443. The summed E-state index contributed by atoms with van der Waals surface area (Å²) in [5.74, 6) is -1.46. The molecule has 0 unspecified atom stereocenters. The lowest BCUT2D eigenvalue weighted by atomic mass is 9.99. The van der Waals surface area contributed by atoms with Crippen LogP contribution in [-0.2, 0) is 11.2 Å². The lowest BCUT2D eigenvalue weighted by Crippen LogP contribution is -2.10. The molecule has 4 nitrogen and oxygen atoms in total. The molecular formula is C11H10F2O4. The zero-order valence-electron chi connectivity index (χ0n) is 8.94. The molecule has 92 valence electrons. The number of ether oxygens (including phenoxy) is 1. The Morgan fingerprint density at radius 1 is 1.53 bits per heavy atom. The average molecular weight is 244 g/mol. The van der Waals surface area contributed by atoms with Crippen molar-refractivity contribution in [1.29, 1.82) is 0 Å². The molecule has 0 saturated carbocycles. The molecule has 1 N–H and O–H groups in total. The lowest BCUT2D eigenvalue weighted by molar-refractivity contribution is -0.136. The Morgan fingerprint density at radius 3 is 2.65 bits per heavy atom. The van der Waals surface area contributed by atoms with Crippen LogP contribution in [0.5, 0.6) is 5.75 Å². The van der Waals surface area contributed by atoms with Crippen LogP contribution in [0.15, 0.2) is 12.1 Å². The molecule has 0 aliphatic carbocycles. The van der Waals surface area contributed by atoms with Gasteiger partial charge in [-0.2, -0.15) is 8.78 Å². The Morgan fingerprint density at radius 2 is 2.18 bits per heavy atom. The molecule has 1 rings (SSSR count). The number of aldehydes is 1. The molecule has 0 saturated heterocycles. The maximum atomic E-state index is 12.1. The number of carbonyl (C=O) groups excluding carboxylic acids is 1. The third kappa shape index (κ3) is 3.24. The summed E-state index contributed by atoms with van der Waals surface area (Å²) < 4.78 is 28.3. The molecule has 6 heteroatoms. The maximum Gasteiger partial charge on any atom is 0.387 e. The molecule has 0 fully saturated rings. The second-order valence-corrected chi connectivity index (χ2v) is 3.34. The molecule has 0 radical (unpaired) electrons. The number of rotatable bonds is 5. The van der Waals surface area contributed by atoms with Crippen molar-refractivity contribution in [2.75, 3.05) is 0 Å². The first-order valence-corrected chi connectivity index (χ1v) is 4.70. The number of carboxylic acid groups (broad SMARTS) is 1. The van der Waals surface area contributed by atoms with Gasteiger partial charge in [-0.05, 0) is 24.1 Å². The molecule has 0 spiro atoms. The van der Waals surface area contributed by atoms with Crippen molar-refractivity contribution in [3.63, 3.8) is 0 Å². The van der Waals surface area contributed by atoms with E-state index in [4.69, 9.17) is 5.11 Å². The highest BCUT2D eigenvalue weighted by Crippen LogP contribution is 2.25. The number of carboxylic acids is 1. The van der Waals surface area contributed by atoms with Gasteiger partial charge >= 0.3 is 12.6 Å². The third-order valence-electron chi connectivity index (χ3n) is 2.21. The first-order chi connectivity index (χ1) is 7.95. The number of aryl methyl sites for hydroxylation is 1. The van der Waals surface area contributed by atoms with Crippen molar-refractivity contribution in [3.8, 4) is 5.75 Å². The van der Waals surface area contributed by atoms with Gasteiger partial charge in [-0.15, -0.1) is 0 Å². The summed E-state index contributed by atoms with van der Waals surface area (Å²) in [4.78, 5) is 21.5. The molecule has 17 heavy (non-hydrogen) atoms. The Balaban J connectivity index is 3.25. The summed E-state index contributed by atoms with van der Waals surface area (Å²) in [6.45, 7) is -1.47. The largest absolute Gasteiger partial charge is 0.481 e. The summed E-state index contributed by atoms with van der Waals surface area (Å²) in [5.41, 5.74) is 0.578. The summed E-state index contributed by atoms with van der Waals surface area (Å²) in [7, 11) is 0. The van der Waals surface area contributed by atoms with E-state index < -0.39 is 19.0 Å². The van der Waals surface area contributed by atoms with E-state index >= 15 is 0 Å². The van der Waals surface area contributed by atoms with Gasteiger partial charge in [0, 0.05) is 0 Å². The van der Waals surface area contributed by atoms with Crippen LogP contribution >= 0.6 is 0 Å². The van der Waals surface area contributed by atoms with Crippen LogP contribution in [0.3, 0.4) is 0 Å². The summed E-state index contributed by atoms with van der Waals surface area (Å²) >= 11 is 0. The quantitative estimate of drug-likeness (QED) is 0.805. The van der Waals surface area contributed by atoms with E-state index in [9.17, 15) is 18.4 Å². The first kappa shape index (κ1) is 13.1. The van der Waals surface area contributed by atoms with E-state index in [0.29, 0.717) is 11.8 Å². The summed E-state index contributed by atoms with van der Waals surface area (Å²) in [5, 5.41) is 8.68. The van der Waals surface area contributed by atoms with E-state index in [1.54, 1.807) is 6.92 Å². The zero-order valence-corrected chi connectivity index (χ0v) is 8.94. The van der Waals surface area contributed by atoms with Crippen LogP contribution in [-0.4, -0.2) is 24.0 Å². The number of hydrogen-bond acceptors (Lipinski definition) is 3. The number of benzene rings is 1. The van der Waals surface area contributed by atoms with Gasteiger partial charge in [0.2, 0.25) is 0 Å². The molecule has 0 heterocycles. The molecule has 0 aliphatic rings. The van der Waals surface area contributed by atoms with E-state index in [1.807, 2.05) is 0 Å². The zero-order chi connectivity index (χ0) is 13.0. The molecule has 1 aromatic rings. The molecule has 0 amide bonds. The van der Waals surface area contributed by atoms with Crippen LogP contribution in [0.1, 0.15) is 21.5 Å². The molecule has 0 atom stereocenters.